The van der Waals surface area contributed by atoms with Crippen LogP contribution in [0, 0.1) is 13.8 Å². The lowest BCUT2D eigenvalue weighted by molar-refractivity contribution is -0.117. The fourth-order valence-corrected chi connectivity index (χ4v) is 3.18. The number of hydrogen-bond acceptors (Lipinski definition) is 4. The molecule has 136 valence electrons. The van der Waals surface area contributed by atoms with Crippen LogP contribution in [0.4, 0.5) is 5.69 Å². The van der Waals surface area contributed by atoms with Crippen molar-refractivity contribution in [1.82, 2.24) is 19.2 Å². The van der Waals surface area contributed by atoms with Gasteiger partial charge in [-0.05, 0) is 43.7 Å². The smallest absolute Gasteiger partial charge is 0.324 e. The van der Waals surface area contributed by atoms with Gasteiger partial charge in [-0.2, -0.15) is 0 Å². The van der Waals surface area contributed by atoms with Gasteiger partial charge in [0.05, 0.1) is 5.52 Å². The van der Waals surface area contributed by atoms with E-state index >= 15 is 0 Å². The molecule has 4 rings (SSSR count). The standard InChI is InChI=1S/C19H16ClN5O2/c1-11-3-6-15(12(2)7-11)22-17(26)9-25-19(27)24-10-21-16-8-13(20)4-5-14(16)18(24)23-25/h3-8,10H,9H2,1-2H3,(H,22,26). The minimum Gasteiger partial charge on any atom is -0.324 e. The molecule has 27 heavy (non-hydrogen) atoms. The van der Waals surface area contributed by atoms with Gasteiger partial charge in [0.25, 0.3) is 0 Å². The van der Waals surface area contributed by atoms with E-state index in [1.54, 1.807) is 18.2 Å². The first-order chi connectivity index (χ1) is 12.9. The Morgan fingerprint density at radius 1 is 1.19 bits per heavy atom. The van der Waals surface area contributed by atoms with E-state index in [9.17, 15) is 9.59 Å². The maximum absolute atomic E-state index is 12.6. The molecule has 0 radical (unpaired) electrons. The van der Waals surface area contributed by atoms with Crippen molar-refractivity contribution in [3.05, 3.63) is 69.4 Å². The number of aromatic nitrogens is 4. The molecule has 0 saturated heterocycles. The Morgan fingerprint density at radius 2 is 2.00 bits per heavy atom. The number of amides is 1. The molecule has 0 aliphatic heterocycles. The second kappa shape index (κ2) is 6.51. The van der Waals surface area contributed by atoms with Crippen LogP contribution in [-0.2, 0) is 11.3 Å². The molecule has 0 atom stereocenters. The highest BCUT2D eigenvalue weighted by atomic mass is 35.5. The molecule has 2 aromatic carbocycles. The highest BCUT2D eigenvalue weighted by Gasteiger charge is 2.14. The van der Waals surface area contributed by atoms with Gasteiger partial charge in [-0.15, -0.1) is 5.10 Å². The molecule has 0 fully saturated rings. The van der Waals surface area contributed by atoms with E-state index in [2.05, 4.69) is 15.4 Å². The van der Waals surface area contributed by atoms with Crippen LogP contribution in [0.1, 0.15) is 11.1 Å². The molecule has 2 heterocycles. The summed E-state index contributed by atoms with van der Waals surface area (Å²) in [6, 6.07) is 10.9. The summed E-state index contributed by atoms with van der Waals surface area (Å²) in [5.74, 6) is -0.326. The van der Waals surface area contributed by atoms with Crippen molar-refractivity contribution in [1.29, 1.82) is 0 Å². The molecule has 1 N–H and O–H groups in total. The van der Waals surface area contributed by atoms with E-state index in [-0.39, 0.29) is 12.5 Å². The number of halogens is 1. The molecule has 1 amide bonds. The zero-order chi connectivity index (χ0) is 19.1. The summed E-state index contributed by atoms with van der Waals surface area (Å²) in [7, 11) is 0. The first-order valence-electron chi connectivity index (χ1n) is 8.33. The molecule has 4 aromatic rings. The monoisotopic (exact) mass is 381 g/mol. The van der Waals surface area contributed by atoms with Gasteiger partial charge in [-0.25, -0.2) is 18.9 Å². The quantitative estimate of drug-likeness (QED) is 0.591. The number of anilines is 1. The summed E-state index contributed by atoms with van der Waals surface area (Å²) in [6.07, 6.45) is 1.39. The Hall–Kier alpha value is -3.19. The van der Waals surface area contributed by atoms with Gasteiger partial charge < -0.3 is 5.32 Å². The molecule has 0 bridgehead atoms. The predicted octanol–water partition coefficient (Wildman–Crippen LogP) is 2.95. The van der Waals surface area contributed by atoms with Crippen molar-refractivity contribution in [2.24, 2.45) is 0 Å². The van der Waals surface area contributed by atoms with Crippen molar-refractivity contribution < 1.29 is 4.79 Å². The summed E-state index contributed by atoms with van der Waals surface area (Å²) < 4.78 is 2.45. The van der Waals surface area contributed by atoms with Gasteiger partial charge in [0.2, 0.25) is 5.91 Å². The highest BCUT2D eigenvalue weighted by Crippen LogP contribution is 2.20. The number of hydrogen-bond donors (Lipinski definition) is 1. The molecule has 0 spiro atoms. The molecule has 0 aliphatic rings. The van der Waals surface area contributed by atoms with Gasteiger partial charge in [0.1, 0.15) is 12.9 Å². The topological polar surface area (TPSA) is 81.3 Å². The Labute approximate surface area is 159 Å². The molecular formula is C19H16ClN5O2. The van der Waals surface area contributed by atoms with E-state index < -0.39 is 5.69 Å². The number of benzene rings is 2. The van der Waals surface area contributed by atoms with Crippen LogP contribution in [0.5, 0.6) is 0 Å². The largest absolute Gasteiger partial charge is 0.352 e. The Balaban J connectivity index is 1.67. The molecule has 2 aromatic heterocycles. The normalized spacial score (nSPS) is 11.2. The second-order valence-corrected chi connectivity index (χ2v) is 6.84. The zero-order valence-electron chi connectivity index (χ0n) is 14.7. The highest BCUT2D eigenvalue weighted by molar-refractivity contribution is 6.31. The summed E-state index contributed by atoms with van der Waals surface area (Å²) in [5, 5.41) is 8.37. The Morgan fingerprint density at radius 3 is 2.78 bits per heavy atom. The van der Waals surface area contributed by atoms with Crippen LogP contribution in [-0.4, -0.2) is 25.1 Å². The van der Waals surface area contributed by atoms with E-state index in [1.165, 1.54) is 10.7 Å². The van der Waals surface area contributed by atoms with Crippen LogP contribution in [0.2, 0.25) is 5.02 Å². The lowest BCUT2D eigenvalue weighted by Crippen LogP contribution is -2.28. The van der Waals surface area contributed by atoms with Crippen LogP contribution < -0.4 is 11.0 Å². The molecule has 0 saturated carbocycles. The Kier molecular flexibility index (Phi) is 4.16. The van der Waals surface area contributed by atoms with Crippen LogP contribution >= 0.6 is 11.6 Å². The van der Waals surface area contributed by atoms with Crippen molar-refractivity contribution in [3.63, 3.8) is 0 Å². The first-order valence-corrected chi connectivity index (χ1v) is 8.71. The minimum absolute atomic E-state index is 0.192. The second-order valence-electron chi connectivity index (χ2n) is 6.41. The summed E-state index contributed by atoms with van der Waals surface area (Å²) >= 11 is 5.99. The fraction of sp³-hybridized carbons (Fsp3) is 0.158. The average Bonchev–Trinajstić information content (AvgIpc) is 2.93. The average molecular weight is 382 g/mol. The number of aryl methyl sites for hydroxylation is 2. The van der Waals surface area contributed by atoms with Gasteiger partial charge in [0.15, 0.2) is 5.65 Å². The van der Waals surface area contributed by atoms with E-state index in [0.717, 1.165) is 15.8 Å². The van der Waals surface area contributed by atoms with Crippen LogP contribution in [0.25, 0.3) is 16.6 Å². The van der Waals surface area contributed by atoms with E-state index in [1.807, 2.05) is 32.0 Å². The third-order valence-corrected chi connectivity index (χ3v) is 4.57. The van der Waals surface area contributed by atoms with E-state index in [4.69, 9.17) is 11.6 Å². The van der Waals surface area contributed by atoms with Gasteiger partial charge in [-0.3, -0.25) is 4.79 Å². The lowest BCUT2D eigenvalue weighted by Gasteiger charge is -2.08. The number of nitrogens with zero attached hydrogens (tertiary/aromatic N) is 4. The fourth-order valence-electron chi connectivity index (χ4n) is 3.01. The van der Waals surface area contributed by atoms with Crippen LogP contribution in [0.15, 0.2) is 47.5 Å². The lowest BCUT2D eigenvalue weighted by atomic mass is 10.1. The number of rotatable bonds is 3. The zero-order valence-corrected chi connectivity index (χ0v) is 15.5. The number of fused-ring (bicyclic) bond motifs is 3. The summed E-state index contributed by atoms with van der Waals surface area (Å²) in [5.41, 5.74) is 3.42. The SMILES string of the molecule is Cc1ccc(NC(=O)Cn2nc3c4ccc(Cl)cc4ncn3c2=O)c(C)c1. The van der Waals surface area contributed by atoms with Crippen LogP contribution in [0.3, 0.4) is 0 Å². The van der Waals surface area contributed by atoms with Gasteiger partial charge in [0, 0.05) is 16.1 Å². The predicted molar refractivity (Wildman–Crippen MR) is 104 cm³/mol. The maximum Gasteiger partial charge on any atom is 0.352 e. The molecule has 8 heteroatoms. The van der Waals surface area contributed by atoms with Crippen molar-refractivity contribution in [2.75, 3.05) is 5.32 Å². The molecule has 0 unspecified atom stereocenters. The molecule has 0 aliphatic carbocycles. The molecule has 7 nitrogen and oxygen atoms in total. The van der Waals surface area contributed by atoms with Gasteiger partial charge in [-0.1, -0.05) is 29.3 Å². The van der Waals surface area contributed by atoms with E-state index in [0.29, 0.717) is 27.3 Å². The van der Waals surface area contributed by atoms with Crippen molar-refractivity contribution >= 4 is 39.7 Å². The molecular weight excluding hydrogens is 366 g/mol. The van der Waals surface area contributed by atoms with Gasteiger partial charge >= 0.3 is 5.69 Å². The third-order valence-electron chi connectivity index (χ3n) is 4.33. The summed E-state index contributed by atoms with van der Waals surface area (Å²) in [4.78, 5) is 29.2. The third kappa shape index (κ3) is 3.17. The maximum atomic E-state index is 12.6. The summed E-state index contributed by atoms with van der Waals surface area (Å²) in [6.45, 7) is 3.71. The van der Waals surface area contributed by atoms with Crippen molar-refractivity contribution in [2.45, 2.75) is 20.4 Å². The number of nitrogens with one attached hydrogen (secondary N) is 1. The Bertz CT molecular complexity index is 1260. The first kappa shape index (κ1) is 17.2. The number of carbonyl (C=O) groups excluding carboxylic acids is 1. The minimum atomic E-state index is -0.426. The number of carbonyl (C=O) groups is 1. The van der Waals surface area contributed by atoms with Crippen molar-refractivity contribution in [3.8, 4) is 0 Å².